The van der Waals surface area contributed by atoms with Gasteiger partial charge in [0.15, 0.2) is 0 Å². The molecule has 2 saturated carbocycles. The Kier molecular flexibility index (Phi) is 2.94. The van der Waals surface area contributed by atoms with Gasteiger partial charge in [0.05, 0.1) is 11.8 Å². The molecule has 7 nitrogen and oxygen atoms in total. The van der Waals surface area contributed by atoms with Crippen LogP contribution in [0.25, 0.3) is 0 Å². The first-order valence-corrected chi connectivity index (χ1v) is 7.91. The summed E-state index contributed by atoms with van der Waals surface area (Å²) in [5.41, 5.74) is 1.04. The highest BCUT2D eigenvalue weighted by Gasteiger charge is 2.44. The number of Topliss-reactive ketones (excluding diaryl/α,β-unsaturated/α-hetero) is 2. The Balaban J connectivity index is 1.87. The maximum absolute atomic E-state index is 13.0. The second-order valence-corrected chi connectivity index (χ2v) is 6.45. The molecule has 0 unspecified atom stereocenters. The van der Waals surface area contributed by atoms with Crippen molar-refractivity contribution < 1.29 is 14.4 Å². The molecule has 0 saturated heterocycles. The predicted octanol–water partition coefficient (Wildman–Crippen LogP) is 0.774. The molecule has 120 valence electrons. The number of aryl methyl sites for hydroxylation is 1. The molecule has 2 fully saturated rings. The van der Waals surface area contributed by atoms with E-state index in [0.717, 1.165) is 25.7 Å². The van der Waals surface area contributed by atoms with Crippen molar-refractivity contribution in [1.29, 1.82) is 0 Å². The second-order valence-electron chi connectivity index (χ2n) is 6.45. The van der Waals surface area contributed by atoms with E-state index in [1.165, 1.54) is 22.7 Å². The largest absolute Gasteiger partial charge is 0.377 e. The Morgan fingerprint density at radius 1 is 1.26 bits per heavy atom. The number of hydrogen-bond donors (Lipinski definition) is 1. The van der Waals surface area contributed by atoms with Crippen LogP contribution in [0.5, 0.6) is 0 Å². The first-order valence-electron chi connectivity index (χ1n) is 7.91. The molecule has 0 aliphatic heterocycles. The summed E-state index contributed by atoms with van der Waals surface area (Å²) in [5, 5.41) is 7.22. The summed E-state index contributed by atoms with van der Waals surface area (Å²) in [4.78, 5) is 39.5. The van der Waals surface area contributed by atoms with Crippen molar-refractivity contribution in [2.45, 2.75) is 44.7 Å². The van der Waals surface area contributed by atoms with Crippen LogP contribution in [0.15, 0.2) is 17.6 Å². The van der Waals surface area contributed by atoms with Crippen LogP contribution in [0.1, 0.15) is 53.5 Å². The number of nitrogens with one attached hydrogen (secondary N) is 1. The summed E-state index contributed by atoms with van der Waals surface area (Å²) in [6.45, 7) is 1.44. The molecule has 3 aliphatic rings. The zero-order valence-electron chi connectivity index (χ0n) is 13.1. The van der Waals surface area contributed by atoms with Gasteiger partial charge in [0, 0.05) is 26.1 Å². The number of nitrogens with zero attached hydrogens (tertiary/aromatic N) is 3. The molecule has 23 heavy (non-hydrogen) atoms. The molecule has 0 bridgehead atoms. The van der Waals surface area contributed by atoms with Crippen molar-refractivity contribution in [3.05, 3.63) is 28.8 Å². The normalized spacial score (nSPS) is 20.6. The van der Waals surface area contributed by atoms with Crippen molar-refractivity contribution in [3.8, 4) is 0 Å². The van der Waals surface area contributed by atoms with Crippen molar-refractivity contribution in [2.75, 3.05) is 0 Å². The number of amides is 1. The van der Waals surface area contributed by atoms with E-state index in [4.69, 9.17) is 0 Å². The molecule has 1 aromatic rings. The Labute approximate surface area is 133 Å². The van der Waals surface area contributed by atoms with Crippen LogP contribution in [0.3, 0.4) is 0 Å². The van der Waals surface area contributed by atoms with Gasteiger partial charge in [-0.3, -0.25) is 19.1 Å². The van der Waals surface area contributed by atoms with Gasteiger partial charge in [-0.1, -0.05) is 0 Å². The fourth-order valence-corrected chi connectivity index (χ4v) is 3.07. The highest BCUT2D eigenvalue weighted by molar-refractivity contribution is 6.26. The van der Waals surface area contributed by atoms with Gasteiger partial charge in [-0.15, -0.1) is 0 Å². The molecular formula is C16H18N4O3. The lowest BCUT2D eigenvalue weighted by Crippen LogP contribution is -2.42. The Hall–Kier alpha value is -2.44. The van der Waals surface area contributed by atoms with Gasteiger partial charge in [0.2, 0.25) is 17.5 Å². The topological polar surface area (TPSA) is 84.3 Å². The minimum Gasteiger partial charge on any atom is -0.377 e. The first kappa shape index (κ1) is 14.2. The maximum atomic E-state index is 13.0. The first-order chi connectivity index (χ1) is 11.0. The minimum atomic E-state index is -0.294. The highest BCUT2D eigenvalue weighted by atomic mass is 16.2. The molecular weight excluding hydrogens is 296 g/mol. The fourth-order valence-electron chi connectivity index (χ4n) is 3.07. The quantitative estimate of drug-likeness (QED) is 0.887. The van der Waals surface area contributed by atoms with Crippen molar-refractivity contribution in [3.63, 3.8) is 0 Å². The van der Waals surface area contributed by atoms with E-state index in [9.17, 15) is 14.4 Å². The molecule has 7 heteroatoms. The number of carbonyl (C=O) groups is 3. The standard InChI is InChI=1S/C16H18N4O3/c1-8(21)20(10-5-6-10)14-12(18-9-3-4-9)16(23)13-11(15(14)22)7-17-19(13)2/h7,9-10,18H,3-6H2,1-2H3. The number of rotatable bonds is 4. The highest BCUT2D eigenvalue weighted by Crippen LogP contribution is 2.36. The van der Waals surface area contributed by atoms with Gasteiger partial charge >= 0.3 is 0 Å². The Bertz CT molecular complexity index is 768. The third-order valence-electron chi connectivity index (χ3n) is 4.50. The summed E-state index contributed by atoms with van der Waals surface area (Å²) in [6, 6.07) is 0.230. The lowest BCUT2D eigenvalue weighted by atomic mass is 9.94. The third kappa shape index (κ3) is 2.18. The van der Waals surface area contributed by atoms with E-state index < -0.39 is 0 Å². The van der Waals surface area contributed by atoms with Gasteiger partial charge in [0.1, 0.15) is 17.1 Å². The van der Waals surface area contributed by atoms with Gasteiger partial charge in [0.25, 0.3) is 0 Å². The molecule has 0 spiro atoms. The SMILES string of the molecule is CC(=O)N(C1=C(NC2CC2)C(=O)c2c(cnn2C)C1=O)C1CC1. The van der Waals surface area contributed by atoms with Crippen LogP contribution in [-0.2, 0) is 11.8 Å². The predicted molar refractivity (Wildman–Crippen MR) is 80.6 cm³/mol. The Morgan fingerprint density at radius 2 is 1.96 bits per heavy atom. The summed E-state index contributed by atoms with van der Waals surface area (Å²) in [6.07, 6.45) is 5.08. The van der Waals surface area contributed by atoms with E-state index in [2.05, 4.69) is 10.4 Å². The molecule has 1 amide bonds. The summed E-state index contributed by atoms with van der Waals surface area (Å²) in [7, 11) is 1.65. The van der Waals surface area contributed by atoms with Crippen LogP contribution in [0, 0.1) is 0 Å². The molecule has 1 N–H and O–H groups in total. The molecule has 1 aromatic heterocycles. The summed E-state index contributed by atoms with van der Waals surface area (Å²) >= 11 is 0. The number of carbonyl (C=O) groups excluding carboxylic acids is 3. The lowest BCUT2D eigenvalue weighted by molar-refractivity contribution is -0.127. The molecule has 4 rings (SSSR count). The number of hydrogen-bond acceptors (Lipinski definition) is 5. The van der Waals surface area contributed by atoms with Crippen LogP contribution in [0.4, 0.5) is 0 Å². The van der Waals surface area contributed by atoms with E-state index in [-0.39, 0.29) is 46.5 Å². The summed E-state index contributed by atoms with van der Waals surface area (Å²) in [5.74, 6) is -0.752. The summed E-state index contributed by atoms with van der Waals surface area (Å²) < 4.78 is 1.43. The maximum Gasteiger partial charge on any atom is 0.229 e. The van der Waals surface area contributed by atoms with E-state index in [1.54, 1.807) is 7.05 Å². The fraction of sp³-hybridized carbons (Fsp3) is 0.500. The van der Waals surface area contributed by atoms with E-state index in [0.29, 0.717) is 5.69 Å². The monoisotopic (exact) mass is 314 g/mol. The van der Waals surface area contributed by atoms with Crippen LogP contribution >= 0.6 is 0 Å². The van der Waals surface area contributed by atoms with Gasteiger partial charge in [-0.2, -0.15) is 5.10 Å². The molecule has 1 heterocycles. The third-order valence-corrected chi connectivity index (χ3v) is 4.50. The van der Waals surface area contributed by atoms with Crippen LogP contribution in [0.2, 0.25) is 0 Å². The van der Waals surface area contributed by atoms with Crippen LogP contribution < -0.4 is 5.32 Å². The molecule has 0 aromatic carbocycles. The number of ketones is 2. The smallest absolute Gasteiger partial charge is 0.229 e. The number of fused-ring (bicyclic) bond motifs is 1. The average molecular weight is 314 g/mol. The van der Waals surface area contributed by atoms with Gasteiger partial charge < -0.3 is 10.2 Å². The van der Waals surface area contributed by atoms with Crippen molar-refractivity contribution in [1.82, 2.24) is 20.0 Å². The molecule has 0 radical (unpaired) electrons. The van der Waals surface area contributed by atoms with E-state index >= 15 is 0 Å². The minimum absolute atomic E-state index is 0.0217. The number of allylic oxidation sites excluding steroid dienone is 2. The zero-order chi connectivity index (χ0) is 16.3. The molecule has 3 aliphatic carbocycles. The van der Waals surface area contributed by atoms with E-state index in [1.807, 2.05) is 0 Å². The average Bonchev–Trinajstić information content (AvgIpc) is 3.40. The van der Waals surface area contributed by atoms with Crippen molar-refractivity contribution >= 4 is 17.5 Å². The van der Waals surface area contributed by atoms with Crippen LogP contribution in [-0.4, -0.2) is 44.2 Å². The van der Waals surface area contributed by atoms with Crippen molar-refractivity contribution in [2.24, 2.45) is 7.05 Å². The second kappa shape index (κ2) is 4.78. The number of aromatic nitrogens is 2. The lowest BCUT2D eigenvalue weighted by Gasteiger charge is -2.28. The van der Waals surface area contributed by atoms with Gasteiger partial charge in [-0.05, 0) is 25.7 Å². The molecule has 0 atom stereocenters. The van der Waals surface area contributed by atoms with Gasteiger partial charge in [-0.25, -0.2) is 0 Å². The Morgan fingerprint density at radius 3 is 2.52 bits per heavy atom. The zero-order valence-corrected chi connectivity index (χ0v) is 13.1.